The van der Waals surface area contributed by atoms with Gasteiger partial charge in [-0.1, -0.05) is 0 Å². The number of anilines is 2. The quantitative estimate of drug-likeness (QED) is 0.702. The Morgan fingerprint density at radius 3 is 2.41 bits per heavy atom. The summed E-state index contributed by atoms with van der Waals surface area (Å²) in [5.74, 6) is 1.85. The summed E-state index contributed by atoms with van der Waals surface area (Å²) in [6.45, 7) is 7.52. The van der Waals surface area contributed by atoms with E-state index in [0.717, 1.165) is 87.4 Å². The number of carbonyl (C=O) groups excluding carboxylic acids is 1. The minimum Gasteiger partial charge on any atom is -0.378 e. The van der Waals surface area contributed by atoms with Gasteiger partial charge in [0.25, 0.3) is 0 Å². The number of hydrogen-bond acceptors (Lipinski definition) is 7. The molecule has 6 rings (SSSR count). The number of urea groups is 1. The van der Waals surface area contributed by atoms with Crippen molar-refractivity contribution in [2.45, 2.75) is 50.9 Å². The van der Waals surface area contributed by atoms with Crippen molar-refractivity contribution in [1.29, 1.82) is 0 Å². The lowest BCUT2D eigenvalue weighted by atomic mass is 10.0. The molecule has 0 saturated carbocycles. The maximum Gasteiger partial charge on any atom is 0.319 e. The maximum atomic E-state index is 11.9. The van der Waals surface area contributed by atoms with E-state index in [0.29, 0.717) is 24.7 Å². The van der Waals surface area contributed by atoms with Gasteiger partial charge in [0.1, 0.15) is 5.82 Å². The Hall–Kier alpha value is -2.75. The molecule has 2 atom stereocenters. The third-order valence-electron chi connectivity index (χ3n) is 7.43. The highest BCUT2D eigenvalue weighted by atomic mass is 16.5. The standard InChI is InChI=1S/C25H32N6O3/c1-2-26-25(32)27-17-5-3-16(4-6-17)23-28-22-11-30(20-14-34-15-20)10-9-21(22)24(29-23)31-18-7-8-19(31)13-33-12-18/h3-6,18-20H,2,7-15H2,1H3,(H2,26,27,32)/t18-,19+. The highest BCUT2D eigenvalue weighted by Gasteiger charge is 2.41. The highest BCUT2D eigenvalue weighted by Crippen LogP contribution is 2.38. The summed E-state index contributed by atoms with van der Waals surface area (Å²) in [5, 5.41) is 5.61. The van der Waals surface area contributed by atoms with Gasteiger partial charge in [0.15, 0.2) is 5.82 Å². The van der Waals surface area contributed by atoms with Gasteiger partial charge in [-0.05, 0) is 50.5 Å². The number of nitrogens with one attached hydrogen (secondary N) is 2. The van der Waals surface area contributed by atoms with Crippen molar-refractivity contribution in [3.63, 3.8) is 0 Å². The van der Waals surface area contributed by atoms with Gasteiger partial charge in [-0.15, -0.1) is 0 Å². The molecule has 4 aliphatic heterocycles. The summed E-state index contributed by atoms with van der Waals surface area (Å²) < 4.78 is 11.3. The van der Waals surface area contributed by atoms with Crippen LogP contribution in [0.4, 0.5) is 16.3 Å². The van der Waals surface area contributed by atoms with Crippen molar-refractivity contribution in [2.75, 3.05) is 49.7 Å². The van der Waals surface area contributed by atoms with Crippen LogP contribution in [0.25, 0.3) is 11.4 Å². The van der Waals surface area contributed by atoms with Crippen molar-refractivity contribution in [2.24, 2.45) is 0 Å². The predicted molar refractivity (Wildman–Crippen MR) is 129 cm³/mol. The van der Waals surface area contributed by atoms with Crippen LogP contribution >= 0.6 is 0 Å². The van der Waals surface area contributed by atoms with Crippen LogP contribution in [0.1, 0.15) is 31.0 Å². The number of fused-ring (bicyclic) bond motifs is 3. The molecule has 5 heterocycles. The van der Waals surface area contributed by atoms with E-state index in [9.17, 15) is 4.79 Å². The molecule has 2 bridgehead atoms. The van der Waals surface area contributed by atoms with E-state index in [-0.39, 0.29) is 6.03 Å². The second kappa shape index (κ2) is 9.13. The van der Waals surface area contributed by atoms with Crippen molar-refractivity contribution in [1.82, 2.24) is 20.2 Å². The van der Waals surface area contributed by atoms with E-state index in [1.807, 2.05) is 31.2 Å². The largest absolute Gasteiger partial charge is 0.378 e. The number of carbonyl (C=O) groups is 1. The van der Waals surface area contributed by atoms with Gasteiger partial charge in [-0.2, -0.15) is 0 Å². The fourth-order valence-corrected chi connectivity index (χ4v) is 5.53. The Bertz CT molecular complexity index is 1040. The molecule has 1 aromatic carbocycles. The molecule has 3 saturated heterocycles. The van der Waals surface area contributed by atoms with Crippen LogP contribution in [-0.2, 0) is 22.4 Å². The molecule has 2 aromatic rings. The molecule has 0 radical (unpaired) electrons. The van der Waals surface area contributed by atoms with Crippen LogP contribution in [0, 0.1) is 0 Å². The second-order valence-corrected chi connectivity index (χ2v) is 9.60. The molecule has 9 nitrogen and oxygen atoms in total. The monoisotopic (exact) mass is 464 g/mol. The smallest absolute Gasteiger partial charge is 0.319 e. The number of hydrogen-bond donors (Lipinski definition) is 2. The Balaban J connectivity index is 1.34. The maximum absolute atomic E-state index is 11.9. The number of amides is 2. The Morgan fingerprint density at radius 1 is 1.03 bits per heavy atom. The van der Waals surface area contributed by atoms with Gasteiger partial charge >= 0.3 is 6.03 Å². The normalized spacial score (nSPS) is 24.4. The molecular formula is C25H32N6O3. The molecule has 3 fully saturated rings. The molecular weight excluding hydrogens is 432 g/mol. The predicted octanol–water partition coefficient (Wildman–Crippen LogP) is 2.41. The van der Waals surface area contributed by atoms with Gasteiger partial charge < -0.3 is 25.0 Å². The van der Waals surface area contributed by atoms with Gasteiger partial charge in [-0.25, -0.2) is 14.8 Å². The number of aromatic nitrogens is 2. The van der Waals surface area contributed by atoms with E-state index < -0.39 is 0 Å². The Kier molecular flexibility index (Phi) is 5.84. The molecule has 180 valence electrons. The zero-order valence-electron chi connectivity index (χ0n) is 19.6. The lowest BCUT2D eigenvalue weighted by molar-refractivity contribution is -0.0699. The minimum absolute atomic E-state index is 0.203. The van der Waals surface area contributed by atoms with Crippen molar-refractivity contribution < 1.29 is 14.3 Å². The summed E-state index contributed by atoms with van der Waals surface area (Å²) in [7, 11) is 0. The Labute approximate surface area is 199 Å². The fraction of sp³-hybridized carbons (Fsp3) is 0.560. The van der Waals surface area contributed by atoms with Crippen LogP contribution in [0.3, 0.4) is 0 Å². The lowest BCUT2D eigenvalue weighted by Crippen LogP contribution is -2.51. The first-order chi connectivity index (χ1) is 16.7. The zero-order valence-corrected chi connectivity index (χ0v) is 19.6. The number of morpholine rings is 1. The van der Waals surface area contributed by atoms with Crippen LogP contribution in [0.15, 0.2) is 24.3 Å². The molecule has 0 unspecified atom stereocenters. The summed E-state index contributed by atoms with van der Waals surface area (Å²) in [6.07, 6.45) is 3.28. The van der Waals surface area contributed by atoms with Gasteiger partial charge in [0.2, 0.25) is 0 Å². The average molecular weight is 465 g/mol. The molecule has 2 N–H and O–H groups in total. The number of benzene rings is 1. The number of rotatable bonds is 5. The first kappa shape index (κ1) is 21.8. The summed E-state index contributed by atoms with van der Waals surface area (Å²) in [4.78, 5) is 27.1. The highest BCUT2D eigenvalue weighted by molar-refractivity contribution is 5.89. The summed E-state index contributed by atoms with van der Waals surface area (Å²) in [6, 6.07) is 8.87. The molecule has 1 aromatic heterocycles. The van der Waals surface area contributed by atoms with Crippen LogP contribution in [0.2, 0.25) is 0 Å². The molecule has 9 heteroatoms. The molecule has 0 aliphatic carbocycles. The first-order valence-corrected chi connectivity index (χ1v) is 12.4. The Morgan fingerprint density at radius 2 is 1.74 bits per heavy atom. The first-order valence-electron chi connectivity index (χ1n) is 12.4. The van der Waals surface area contributed by atoms with Crippen LogP contribution in [-0.4, -0.2) is 78.5 Å². The third-order valence-corrected chi connectivity index (χ3v) is 7.43. The summed E-state index contributed by atoms with van der Waals surface area (Å²) in [5.41, 5.74) is 4.13. The van der Waals surface area contributed by atoms with Crippen LogP contribution in [0.5, 0.6) is 0 Å². The number of nitrogens with zero attached hydrogens (tertiary/aromatic N) is 4. The van der Waals surface area contributed by atoms with E-state index in [1.165, 1.54) is 5.56 Å². The van der Waals surface area contributed by atoms with Crippen molar-refractivity contribution >= 4 is 17.5 Å². The van der Waals surface area contributed by atoms with Crippen molar-refractivity contribution in [3.05, 3.63) is 35.5 Å². The third kappa shape index (κ3) is 4.01. The van der Waals surface area contributed by atoms with E-state index in [1.54, 1.807) is 0 Å². The van der Waals surface area contributed by atoms with E-state index in [2.05, 4.69) is 20.4 Å². The molecule has 4 aliphatic rings. The summed E-state index contributed by atoms with van der Waals surface area (Å²) >= 11 is 0. The van der Waals surface area contributed by atoms with Gasteiger partial charge in [0.05, 0.1) is 50.2 Å². The second-order valence-electron chi connectivity index (χ2n) is 9.60. The fourth-order valence-electron chi connectivity index (χ4n) is 5.53. The molecule has 2 amide bonds. The van der Waals surface area contributed by atoms with Gasteiger partial charge in [-0.3, -0.25) is 4.90 Å². The van der Waals surface area contributed by atoms with E-state index >= 15 is 0 Å². The van der Waals surface area contributed by atoms with E-state index in [4.69, 9.17) is 19.4 Å². The average Bonchev–Trinajstić information content (AvgIpc) is 3.05. The molecule has 0 spiro atoms. The van der Waals surface area contributed by atoms with Gasteiger partial charge in [0, 0.05) is 36.4 Å². The zero-order chi connectivity index (χ0) is 23.1. The lowest BCUT2D eigenvalue weighted by Gasteiger charge is -2.42. The SMILES string of the molecule is CCNC(=O)Nc1ccc(-c2nc3c(c(N4[C@@H]5CC[C@H]4COC5)n2)CCN(C2COC2)C3)cc1. The van der Waals surface area contributed by atoms with Crippen LogP contribution < -0.4 is 15.5 Å². The minimum atomic E-state index is -0.203. The topological polar surface area (TPSA) is 91.9 Å². The molecule has 34 heavy (non-hydrogen) atoms. The number of ether oxygens (including phenoxy) is 2. The van der Waals surface area contributed by atoms with Crippen molar-refractivity contribution in [3.8, 4) is 11.4 Å².